The van der Waals surface area contributed by atoms with Crippen LogP contribution in [0.2, 0.25) is 0 Å². The highest BCUT2D eigenvalue weighted by molar-refractivity contribution is 9.10. The van der Waals surface area contributed by atoms with Gasteiger partial charge in [-0.2, -0.15) is 5.26 Å². The van der Waals surface area contributed by atoms with Gasteiger partial charge in [0, 0.05) is 0 Å². The van der Waals surface area contributed by atoms with Crippen molar-refractivity contribution in [3.63, 3.8) is 0 Å². The van der Waals surface area contributed by atoms with Crippen LogP contribution in [0.3, 0.4) is 0 Å². The number of hydrogen-bond acceptors (Lipinski definition) is 2. The van der Waals surface area contributed by atoms with E-state index in [1.54, 1.807) is 6.07 Å². The summed E-state index contributed by atoms with van der Waals surface area (Å²) in [6.07, 6.45) is 0. The highest BCUT2D eigenvalue weighted by atomic mass is 79.9. The second-order valence-electron chi connectivity index (χ2n) is 3.43. The summed E-state index contributed by atoms with van der Waals surface area (Å²) < 4.78 is 6.38. The van der Waals surface area contributed by atoms with Crippen molar-refractivity contribution >= 4 is 15.9 Å². The van der Waals surface area contributed by atoms with Crippen LogP contribution in [0.1, 0.15) is 19.4 Å². The van der Waals surface area contributed by atoms with E-state index < -0.39 is 0 Å². The SMILES string of the molecule is CC(C)COc1c(Br)cccc1C#N. The van der Waals surface area contributed by atoms with Gasteiger partial charge in [0.1, 0.15) is 6.07 Å². The van der Waals surface area contributed by atoms with Gasteiger partial charge >= 0.3 is 0 Å². The second-order valence-corrected chi connectivity index (χ2v) is 4.29. The van der Waals surface area contributed by atoms with E-state index in [1.165, 1.54) is 0 Å². The standard InChI is InChI=1S/C11H12BrNO/c1-8(2)7-14-11-9(6-13)4-3-5-10(11)12/h3-5,8H,7H2,1-2H3. The van der Waals surface area contributed by atoms with Crippen molar-refractivity contribution in [1.82, 2.24) is 0 Å². The number of benzene rings is 1. The Bertz CT molecular complexity index is 355. The molecule has 0 fully saturated rings. The van der Waals surface area contributed by atoms with Gasteiger partial charge in [0.15, 0.2) is 5.75 Å². The number of halogens is 1. The maximum atomic E-state index is 8.86. The molecule has 0 aliphatic carbocycles. The molecule has 0 radical (unpaired) electrons. The molecule has 0 unspecified atom stereocenters. The van der Waals surface area contributed by atoms with Crippen molar-refractivity contribution in [2.45, 2.75) is 13.8 Å². The van der Waals surface area contributed by atoms with Crippen LogP contribution in [0.25, 0.3) is 0 Å². The third-order valence-electron chi connectivity index (χ3n) is 1.65. The van der Waals surface area contributed by atoms with Gasteiger partial charge in [0.05, 0.1) is 16.6 Å². The first kappa shape index (κ1) is 11.1. The summed E-state index contributed by atoms with van der Waals surface area (Å²) in [7, 11) is 0. The van der Waals surface area contributed by atoms with Crippen molar-refractivity contribution in [3.05, 3.63) is 28.2 Å². The molecular weight excluding hydrogens is 242 g/mol. The summed E-state index contributed by atoms with van der Waals surface area (Å²) in [5, 5.41) is 8.86. The van der Waals surface area contributed by atoms with E-state index in [4.69, 9.17) is 10.00 Å². The van der Waals surface area contributed by atoms with Gasteiger partial charge in [0.25, 0.3) is 0 Å². The van der Waals surface area contributed by atoms with Gasteiger partial charge in [-0.1, -0.05) is 19.9 Å². The Hall–Kier alpha value is -1.01. The zero-order valence-electron chi connectivity index (χ0n) is 8.25. The fraction of sp³-hybridized carbons (Fsp3) is 0.364. The molecule has 3 heteroatoms. The summed E-state index contributed by atoms with van der Waals surface area (Å²) in [6.45, 7) is 4.77. The first-order chi connectivity index (χ1) is 6.65. The minimum Gasteiger partial charge on any atom is -0.491 e. The maximum Gasteiger partial charge on any atom is 0.151 e. The molecule has 1 aromatic carbocycles. The Morgan fingerprint density at radius 2 is 2.21 bits per heavy atom. The van der Waals surface area contributed by atoms with Gasteiger partial charge in [0.2, 0.25) is 0 Å². The molecule has 1 aromatic rings. The van der Waals surface area contributed by atoms with Crippen LogP contribution in [-0.4, -0.2) is 6.61 Å². The lowest BCUT2D eigenvalue weighted by atomic mass is 10.2. The molecule has 0 heterocycles. The summed E-state index contributed by atoms with van der Waals surface area (Å²) in [5.41, 5.74) is 0.569. The van der Waals surface area contributed by atoms with E-state index in [0.29, 0.717) is 23.8 Å². The van der Waals surface area contributed by atoms with E-state index in [0.717, 1.165) is 4.47 Å². The minimum atomic E-state index is 0.452. The zero-order chi connectivity index (χ0) is 10.6. The van der Waals surface area contributed by atoms with Crippen LogP contribution in [0.5, 0.6) is 5.75 Å². The quantitative estimate of drug-likeness (QED) is 0.828. The van der Waals surface area contributed by atoms with Gasteiger partial charge in [-0.3, -0.25) is 0 Å². The van der Waals surface area contributed by atoms with Crippen molar-refractivity contribution in [3.8, 4) is 11.8 Å². The lowest BCUT2D eigenvalue weighted by Crippen LogP contribution is -2.05. The molecule has 0 atom stereocenters. The van der Waals surface area contributed by atoms with Crippen LogP contribution < -0.4 is 4.74 Å². The molecule has 0 spiro atoms. The highest BCUT2D eigenvalue weighted by Gasteiger charge is 2.07. The average molecular weight is 254 g/mol. The Labute approximate surface area is 92.6 Å². The zero-order valence-corrected chi connectivity index (χ0v) is 9.84. The van der Waals surface area contributed by atoms with E-state index in [-0.39, 0.29) is 0 Å². The first-order valence-corrected chi connectivity index (χ1v) is 5.26. The molecule has 0 aliphatic rings. The number of para-hydroxylation sites is 1. The minimum absolute atomic E-state index is 0.452. The lowest BCUT2D eigenvalue weighted by molar-refractivity contribution is 0.269. The average Bonchev–Trinajstić information content (AvgIpc) is 2.15. The van der Waals surface area contributed by atoms with Crippen molar-refractivity contribution < 1.29 is 4.74 Å². The molecule has 14 heavy (non-hydrogen) atoms. The molecule has 0 saturated carbocycles. The molecule has 0 aliphatic heterocycles. The van der Waals surface area contributed by atoms with E-state index in [2.05, 4.69) is 35.8 Å². The van der Waals surface area contributed by atoms with Gasteiger partial charge < -0.3 is 4.74 Å². The van der Waals surface area contributed by atoms with Crippen LogP contribution in [0.15, 0.2) is 22.7 Å². The van der Waals surface area contributed by atoms with Crippen molar-refractivity contribution in [2.75, 3.05) is 6.61 Å². The van der Waals surface area contributed by atoms with Gasteiger partial charge in [-0.15, -0.1) is 0 Å². The number of nitriles is 1. The van der Waals surface area contributed by atoms with Gasteiger partial charge in [-0.25, -0.2) is 0 Å². The second kappa shape index (κ2) is 5.02. The maximum absolute atomic E-state index is 8.86. The Morgan fingerprint density at radius 1 is 1.50 bits per heavy atom. The summed E-state index contributed by atoms with van der Waals surface area (Å²) in [4.78, 5) is 0. The molecular formula is C11H12BrNO. The monoisotopic (exact) mass is 253 g/mol. The Morgan fingerprint density at radius 3 is 2.79 bits per heavy atom. The fourth-order valence-corrected chi connectivity index (χ4v) is 1.47. The Balaban J connectivity index is 2.89. The smallest absolute Gasteiger partial charge is 0.151 e. The summed E-state index contributed by atoms with van der Waals surface area (Å²) >= 11 is 3.36. The molecule has 2 nitrogen and oxygen atoms in total. The van der Waals surface area contributed by atoms with Gasteiger partial charge in [-0.05, 0) is 34.0 Å². The third-order valence-corrected chi connectivity index (χ3v) is 2.27. The number of ether oxygens (including phenoxy) is 1. The van der Waals surface area contributed by atoms with E-state index >= 15 is 0 Å². The van der Waals surface area contributed by atoms with E-state index in [9.17, 15) is 0 Å². The number of hydrogen-bond donors (Lipinski definition) is 0. The predicted octanol–water partition coefficient (Wildman–Crippen LogP) is 3.36. The summed E-state index contributed by atoms with van der Waals surface area (Å²) in [5.74, 6) is 1.09. The molecule has 0 aromatic heterocycles. The van der Waals surface area contributed by atoms with Crippen LogP contribution in [0.4, 0.5) is 0 Å². The lowest BCUT2D eigenvalue weighted by Gasteiger charge is -2.11. The molecule has 0 N–H and O–H groups in total. The van der Waals surface area contributed by atoms with Crippen LogP contribution in [0, 0.1) is 17.2 Å². The van der Waals surface area contributed by atoms with E-state index in [1.807, 2.05) is 12.1 Å². The fourth-order valence-electron chi connectivity index (χ4n) is 0.994. The van der Waals surface area contributed by atoms with Crippen molar-refractivity contribution in [2.24, 2.45) is 5.92 Å². The molecule has 0 bridgehead atoms. The topological polar surface area (TPSA) is 33.0 Å². The summed E-state index contributed by atoms with van der Waals surface area (Å²) in [6, 6.07) is 7.55. The predicted molar refractivity (Wildman–Crippen MR) is 59.2 cm³/mol. The molecule has 1 rings (SSSR count). The van der Waals surface area contributed by atoms with Crippen molar-refractivity contribution in [1.29, 1.82) is 5.26 Å². The molecule has 0 amide bonds. The Kier molecular flexibility index (Phi) is 3.97. The number of nitrogens with zero attached hydrogens (tertiary/aromatic N) is 1. The normalized spacial score (nSPS) is 9.93. The highest BCUT2D eigenvalue weighted by Crippen LogP contribution is 2.28. The largest absolute Gasteiger partial charge is 0.491 e. The molecule has 74 valence electrons. The van der Waals surface area contributed by atoms with Crippen LogP contribution >= 0.6 is 15.9 Å². The first-order valence-electron chi connectivity index (χ1n) is 4.46. The number of rotatable bonds is 3. The third kappa shape index (κ3) is 2.74. The van der Waals surface area contributed by atoms with Crippen LogP contribution in [-0.2, 0) is 0 Å². The molecule has 0 saturated heterocycles.